The van der Waals surface area contributed by atoms with Gasteiger partial charge in [0, 0.05) is 0 Å². The van der Waals surface area contributed by atoms with Gasteiger partial charge in [-0.05, 0) is 23.6 Å². The zero-order valence-corrected chi connectivity index (χ0v) is 17.2. The quantitative estimate of drug-likeness (QED) is 0.539. The Labute approximate surface area is 181 Å². The van der Waals surface area contributed by atoms with Crippen LogP contribution in [0.15, 0.2) is 91.0 Å². The molecule has 1 amide bonds. The number of alkyl carbamates (subject to hydrolysis) is 1. The number of esters is 1. The molecule has 2 N–H and O–H groups in total. The van der Waals surface area contributed by atoms with Crippen molar-refractivity contribution in [3.05, 3.63) is 108 Å². The predicted octanol–water partition coefficient (Wildman–Crippen LogP) is 4.00. The summed E-state index contributed by atoms with van der Waals surface area (Å²) in [6.07, 6.45) is -2.68. The molecular formula is C25H25NO5. The minimum atomic E-state index is -1.28. The van der Waals surface area contributed by atoms with E-state index in [1.165, 1.54) is 6.92 Å². The Kier molecular flexibility index (Phi) is 7.79. The summed E-state index contributed by atoms with van der Waals surface area (Å²) in [7, 11) is 0. The molecule has 0 aliphatic rings. The predicted molar refractivity (Wildman–Crippen MR) is 116 cm³/mol. The van der Waals surface area contributed by atoms with Crippen LogP contribution in [0.1, 0.15) is 29.7 Å². The number of rotatable bonds is 8. The Morgan fingerprint density at radius 2 is 1.32 bits per heavy atom. The first kappa shape index (κ1) is 22.1. The van der Waals surface area contributed by atoms with Crippen molar-refractivity contribution in [1.29, 1.82) is 0 Å². The van der Waals surface area contributed by atoms with E-state index in [2.05, 4.69) is 5.32 Å². The SMILES string of the molecule is C[C@H](O)[C@H](NC(=O)OCc1ccccc1)C(=O)OC(c1ccccc1)c1ccccc1. The molecule has 3 aromatic carbocycles. The molecule has 0 aromatic heterocycles. The summed E-state index contributed by atoms with van der Waals surface area (Å²) in [5.41, 5.74) is 2.36. The van der Waals surface area contributed by atoms with E-state index in [9.17, 15) is 14.7 Å². The van der Waals surface area contributed by atoms with Gasteiger partial charge >= 0.3 is 12.1 Å². The molecule has 2 atom stereocenters. The molecule has 0 saturated heterocycles. The monoisotopic (exact) mass is 419 g/mol. The number of carbonyl (C=O) groups excluding carboxylic acids is 2. The van der Waals surface area contributed by atoms with Crippen molar-refractivity contribution in [2.24, 2.45) is 0 Å². The smallest absolute Gasteiger partial charge is 0.408 e. The lowest BCUT2D eigenvalue weighted by atomic mass is 10.0. The first-order valence-corrected chi connectivity index (χ1v) is 10.0. The van der Waals surface area contributed by atoms with Crippen molar-refractivity contribution < 1.29 is 24.2 Å². The number of aliphatic hydroxyl groups is 1. The Balaban J connectivity index is 1.70. The normalized spacial score (nSPS) is 12.6. The first-order valence-electron chi connectivity index (χ1n) is 10.0. The van der Waals surface area contributed by atoms with Gasteiger partial charge in [0.1, 0.15) is 6.61 Å². The van der Waals surface area contributed by atoms with E-state index in [1.54, 1.807) is 0 Å². The molecule has 3 aromatic rings. The molecule has 0 heterocycles. The highest BCUT2D eigenvalue weighted by molar-refractivity contribution is 5.82. The second-order valence-corrected chi connectivity index (χ2v) is 7.06. The van der Waals surface area contributed by atoms with E-state index >= 15 is 0 Å². The molecule has 0 aliphatic carbocycles. The third-order valence-electron chi connectivity index (χ3n) is 4.66. The van der Waals surface area contributed by atoms with E-state index in [0.717, 1.165) is 16.7 Å². The van der Waals surface area contributed by atoms with Crippen LogP contribution in [0.25, 0.3) is 0 Å². The van der Waals surface area contributed by atoms with E-state index in [0.29, 0.717) is 0 Å². The van der Waals surface area contributed by atoms with Crippen LogP contribution in [0.2, 0.25) is 0 Å². The van der Waals surface area contributed by atoms with Crippen LogP contribution >= 0.6 is 0 Å². The Bertz CT molecular complexity index is 921. The summed E-state index contributed by atoms with van der Waals surface area (Å²) >= 11 is 0. The summed E-state index contributed by atoms with van der Waals surface area (Å²) in [5, 5.41) is 12.5. The zero-order valence-electron chi connectivity index (χ0n) is 17.2. The molecular weight excluding hydrogens is 394 g/mol. The van der Waals surface area contributed by atoms with Crippen molar-refractivity contribution in [1.82, 2.24) is 5.32 Å². The van der Waals surface area contributed by atoms with Gasteiger partial charge in [0.2, 0.25) is 0 Å². The fourth-order valence-electron chi connectivity index (χ4n) is 3.04. The summed E-state index contributed by atoms with van der Waals surface area (Å²) in [6, 6.07) is 26.4. The largest absolute Gasteiger partial charge is 0.451 e. The van der Waals surface area contributed by atoms with Crippen LogP contribution in [-0.2, 0) is 20.9 Å². The third kappa shape index (κ3) is 6.42. The summed E-state index contributed by atoms with van der Waals surface area (Å²) in [5.74, 6) is -0.760. The van der Waals surface area contributed by atoms with Gasteiger partial charge in [-0.3, -0.25) is 0 Å². The molecule has 6 nitrogen and oxygen atoms in total. The number of carbonyl (C=O) groups is 2. The molecule has 0 unspecified atom stereocenters. The van der Waals surface area contributed by atoms with Gasteiger partial charge in [-0.2, -0.15) is 0 Å². The second kappa shape index (κ2) is 10.9. The molecule has 160 valence electrons. The lowest BCUT2D eigenvalue weighted by molar-refractivity contribution is -0.152. The van der Waals surface area contributed by atoms with Crippen LogP contribution in [0.3, 0.4) is 0 Å². The standard InChI is InChI=1S/C25H25NO5/c1-18(27)22(26-25(29)30-17-19-11-5-2-6-12-19)24(28)31-23(20-13-7-3-8-14-20)21-15-9-4-10-16-21/h2-16,18,22-23,27H,17H2,1H3,(H,26,29)/t18-,22-/m0/s1. The lowest BCUT2D eigenvalue weighted by Gasteiger charge is -2.24. The number of aliphatic hydroxyl groups excluding tert-OH is 1. The Morgan fingerprint density at radius 1 is 0.839 bits per heavy atom. The highest BCUT2D eigenvalue weighted by atomic mass is 16.6. The molecule has 0 aliphatic heterocycles. The van der Waals surface area contributed by atoms with Crippen LogP contribution in [0.5, 0.6) is 0 Å². The Hall–Kier alpha value is -3.64. The van der Waals surface area contributed by atoms with Crippen molar-refractivity contribution in [3.63, 3.8) is 0 Å². The fourth-order valence-corrected chi connectivity index (χ4v) is 3.04. The molecule has 3 rings (SSSR count). The maximum atomic E-state index is 12.9. The van der Waals surface area contributed by atoms with Gasteiger partial charge in [0.05, 0.1) is 6.10 Å². The Morgan fingerprint density at radius 3 is 1.81 bits per heavy atom. The topological polar surface area (TPSA) is 84.9 Å². The van der Waals surface area contributed by atoms with Crippen molar-refractivity contribution in [2.45, 2.75) is 31.8 Å². The zero-order chi connectivity index (χ0) is 22.1. The molecule has 0 bridgehead atoms. The van der Waals surface area contributed by atoms with Gasteiger partial charge in [-0.25, -0.2) is 9.59 Å². The number of nitrogens with one attached hydrogen (secondary N) is 1. The summed E-state index contributed by atoms with van der Waals surface area (Å²) in [4.78, 5) is 25.1. The number of ether oxygens (including phenoxy) is 2. The van der Waals surface area contributed by atoms with E-state index in [4.69, 9.17) is 9.47 Å². The minimum Gasteiger partial charge on any atom is -0.451 e. The van der Waals surface area contributed by atoms with Crippen molar-refractivity contribution in [2.75, 3.05) is 0 Å². The molecule has 0 spiro atoms. The molecule has 0 fully saturated rings. The first-order chi connectivity index (χ1) is 15.0. The maximum absolute atomic E-state index is 12.9. The highest BCUT2D eigenvalue weighted by Crippen LogP contribution is 2.26. The number of amides is 1. The molecule has 0 saturated carbocycles. The average Bonchev–Trinajstić information content (AvgIpc) is 2.81. The molecule has 31 heavy (non-hydrogen) atoms. The number of hydrogen-bond donors (Lipinski definition) is 2. The van der Waals surface area contributed by atoms with Gasteiger partial charge < -0.3 is 19.9 Å². The van der Waals surface area contributed by atoms with E-state index in [1.807, 2.05) is 91.0 Å². The minimum absolute atomic E-state index is 0.0465. The van der Waals surface area contributed by atoms with Crippen LogP contribution in [0, 0.1) is 0 Å². The van der Waals surface area contributed by atoms with Crippen LogP contribution in [0.4, 0.5) is 4.79 Å². The maximum Gasteiger partial charge on any atom is 0.408 e. The summed E-state index contributed by atoms with van der Waals surface area (Å²) < 4.78 is 10.9. The summed E-state index contributed by atoms with van der Waals surface area (Å²) in [6.45, 7) is 1.45. The van der Waals surface area contributed by atoms with Gasteiger partial charge in [0.25, 0.3) is 0 Å². The van der Waals surface area contributed by atoms with Crippen molar-refractivity contribution >= 4 is 12.1 Å². The fraction of sp³-hybridized carbons (Fsp3) is 0.200. The number of benzene rings is 3. The lowest BCUT2D eigenvalue weighted by Crippen LogP contribution is -2.49. The van der Waals surface area contributed by atoms with Gasteiger partial charge in [0.15, 0.2) is 12.1 Å². The van der Waals surface area contributed by atoms with E-state index < -0.39 is 30.3 Å². The molecule has 0 radical (unpaired) electrons. The van der Waals surface area contributed by atoms with Crippen LogP contribution < -0.4 is 5.32 Å². The average molecular weight is 419 g/mol. The second-order valence-electron chi connectivity index (χ2n) is 7.06. The highest BCUT2D eigenvalue weighted by Gasteiger charge is 2.31. The third-order valence-corrected chi connectivity index (χ3v) is 4.66. The van der Waals surface area contributed by atoms with Crippen LogP contribution in [-0.4, -0.2) is 29.3 Å². The molecule has 6 heteroatoms. The van der Waals surface area contributed by atoms with Gasteiger partial charge in [-0.15, -0.1) is 0 Å². The van der Waals surface area contributed by atoms with Crippen molar-refractivity contribution in [3.8, 4) is 0 Å². The van der Waals surface area contributed by atoms with Gasteiger partial charge in [-0.1, -0.05) is 91.0 Å². The van der Waals surface area contributed by atoms with E-state index in [-0.39, 0.29) is 6.61 Å². The number of hydrogen-bond acceptors (Lipinski definition) is 5.